The number of nitrogens with zero attached hydrogens (tertiary/aromatic N) is 2. The molecule has 0 spiro atoms. The average molecular weight is 244 g/mol. The summed E-state index contributed by atoms with van der Waals surface area (Å²) in [4.78, 5) is 12.5. The van der Waals surface area contributed by atoms with E-state index < -0.39 is 0 Å². The van der Waals surface area contributed by atoms with E-state index in [0.717, 1.165) is 29.8 Å². The van der Waals surface area contributed by atoms with Gasteiger partial charge < -0.3 is 10.7 Å². The van der Waals surface area contributed by atoms with Gasteiger partial charge in [0.15, 0.2) is 5.65 Å². The van der Waals surface area contributed by atoms with Gasteiger partial charge in [0.05, 0.1) is 5.52 Å². The quantitative estimate of drug-likeness (QED) is 0.809. The number of imidazole rings is 1. The van der Waals surface area contributed by atoms with Crippen LogP contribution in [0, 0.1) is 6.92 Å². The number of aryl methyl sites for hydroxylation is 1. The van der Waals surface area contributed by atoms with Crippen molar-refractivity contribution in [2.24, 2.45) is 5.73 Å². The van der Waals surface area contributed by atoms with Crippen LogP contribution in [0.25, 0.3) is 11.2 Å². The maximum absolute atomic E-state index is 6.32. The topological polar surface area (TPSA) is 67.6 Å². The molecular formula is C14H20N4. The van der Waals surface area contributed by atoms with Gasteiger partial charge >= 0.3 is 0 Å². The van der Waals surface area contributed by atoms with Crippen LogP contribution in [0.4, 0.5) is 0 Å². The minimum atomic E-state index is -0.0363. The van der Waals surface area contributed by atoms with Gasteiger partial charge in [0.2, 0.25) is 0 Å². The summed E-state index contributed by atoms with van der Waals surface area (Å²) < 4.78 is 0. The SMILES string of the molecule is Cc1ccnc2nc(C3(C)CCCCC3N)[nH]c12. The van der Waals surface area contributed by atoms with Crippen molar-refractivity contribution in [2.75, 3.05) is 0 Å². The maximum atomic E-state index is 6.32. The Morgan fingerprint density at radius 3 is 3.00 bits per heavy atom. The molecule has 4 nitrogen and oxygen atoms in total. The summed E-state index contributed by atoms with van der Waals surface area (Å²) in [7, 11) is 0. The summed E-state index contributed by atoms with van der Waals surface area (Å²) >= 11 is 0. The maximum Gasteiger partial charge on any atom is 0.177 e. The number of hydrogen-bond donors (Lipinski definition) is 2. The summed E-state index contributed by atoms with van der Waals surface area (Å²) in [5.41, 5.74) is 9.33. The fraction of sp³-hybridized carbons (Fsp3) is 0.571. The van der Waals surface area contributed by atoms with Crippen LogP contribution in [0.3, 0.4) is 0 Å². The van der Waals surface area contributed by atoms with Crippen LogP contribution in [0.2, 0.25) is 0 Å². The normalized spacial score (nSPS) is 28.7. The first kappa shape index (κ1) is 11.7. The van der Waals surface area contributed by atoms with Crippen LogP contribution in [-0.4, -0.2) is 21.0 Å². The zero-order valence-corrected chi connectivity index (χ0v) is 11.0. The molecule has 2 aromatic heterocycles. The summed E-state index contributed by atoms with van der Waals surface area (Å²) in [5, 5.41) is 0. The van der Waals surface area contributed by atoms with Crippen molar-refractivity contribution in [1.82, 2.24) is 15.0 Å². The van der Waals surface area contributed by atoms with Gasteiger partial charge in [-0.05, 0) is 31.4 Å². The Kier molecular flexibility index (Phi) is 2.63. The molecule has 1 aliphatic rings. The van der Waals surface area contributed by atoms with Crippen LogP contribution in [0.1, 0.15) is 44.0 Å². The average Bonchev–Trinajstić information content (AvgIpc) is 2.79. The first-order valence-electron chi connectivity index (χ1n) is 6.68. The third-order valence-electron chi connectivity index (χ3n) is 4.42. The second kappa shape index (κ2) is 4.05. The fourth-order valence-electron chi connectivity index (χ4n) is 2.96. The summed E-state index contributed by atoms with van der Waals surface area (Å²) in [6.45, 7) is 4.30. The van der Waals surface area contributed by atoms with Crippen LogP contribution >= 0.6 is 0 Å². The minimum absolute atomic E-state index is 0.0363. The number of H-pyrrole nitrogens is 1. The molecule has 0 bridgehead atoms. The third-order valence-corrected chi connectivity index (χ3v) is 4.42. The Morgan fingerprint density at radius 2 is 2.28 bits per heavy atom. The molecule has 1 saturated carbocycles. The molecular weight excluding hydrogens is 224 g/mol. The predicted octanol–water partition coefficient (Wildman–Crippen LogP) is 2.43. The highest BCUT2D eigenvalue weighted by Gasteiger charge is 2.38. The molecule has 18 heavy (non-hydrogen) atoms. The highest BCUT2D eigenvalue weighted by atomic mass is 15.0. The number of aromatic nitrogens is 3. The zero-order chi connectivity index (χ0) is 12.8. The zero-order valence-electron chi connectivity index (χ0n) is 11.0. The van der Waals surface area contributed by atoms with E-state index in [1.54, 1.807) is 0 Å². The fourth-order valence-corrected chi connectivity index (χ4v) is 2.96. The van der Waals surface area contributed by atoms with Gasteiger partial charge in [0.1, 0.15) is 5.82 Å². The van der Waals surface area contributed by atoms with Gasteiger partial charge in [-0.25, -0.2) is 9.97 Å². The Hall–Kier alpha value is -1.42. The van der Waals surface area contributed by atoms with Crippen molar-refractivity contribution in [2.45, 2.75) is 51.0 Å². The Morgan fingerprint density at radius 1 is 1.44 bits per heavy atom. The first-order chi connectivity index (χ1) is 8.61. The molecule has 0 radical (unpaired) electrons. The largest absolute Gasteiger partial charge is 0.340 e. The van der Waals surface area contributed by atoms with Crippen LogP contribution < -0.4 is 5.73 Å². The summed E-state index contributed by atoms with van der Waals surface area (Å²) in [6.07, 6.45) is 6.46. The lowest BCUT2D eigenvalue weighted by Gasteiger charge is -2.37. The molecule has 0 amide bonds. The van der Waals surface area contributed by atoms with Crippen LogP contribution in [0.5, 0.6) is 0 Å². The molecule has 4 heteroatoms. The van der Waals surface area contributed by atoms with Gasteiger partial charge in [-0.1, -0.05) is 19.8 Å². The lowest BCUT2D eigenvalue weighted by atomic mass is 9.71. The van der Waals surface area contributed by atoms with Crippen molar-refractivity contribution in [1.29, 1.82) is 0 Å². The van der Waals surface area contributed by atoms with E-state index in [1.807, 2.05) is 12.3 Å². The Balaban J connectivity index is 2.11. The van der Waals surface area contributed by atoms with E-state index in [2.05, 4.69) is 28.8 Å². The number of pyridine rings is 1. The standard InChI is InChI=1S/C14H20N4/c1-9-6-8-16-12-11(9)17-13(18-12)14(2)7-4-3-5-10(14)15/h6,8,10H,3-5,7,15H2,1-2H3,(H,16,17,18). The molecule has 1 aliphatic carbocycles. The number of rotatable bonds is 1. The minimum Gasteiger partial charge on any atom is -0.340 e. The lowest BCUT2D eigenvalue weighted by molar-refractivity contribution is 0.260. The molecule has 0 aromatic carbocycles. The van der Waals surface area contributed by atoms with Gasteiger partial charge in [-0.15, -0.1) is 0 Å². The van der Waals surface area contributed by atoms with Gasteiger partial charge in [0.25, 0.3) is 0 Å². The van der Waals surface area contributed by atoms with Crippen LogP contribution in [0.15, 0.2) is 12.3 Å². The first-order valence-corrected chi connectivity index (χ1v) is 6.68. The summed E-state index contributed by atoms with van der Waals surface area (Å²) in [5.74, 6) is 1.01. The Labute approximate surface area is 107 Å². The Bertz CT molecular complexity index is 574. The van der Waals surface area contributed by atoms with E-state index in [4.69, 9.17) is 5.73 Å². The van der Waals surface area contributed by atoms with Crippen molar-refractivity contribution >= 4 is 11.2 Å². The van der Waals surface area contributed by atoms with Crippen molar-refractivity contribution in [3.8, 4) is 0 Å². The number of fused-ring (bicyclic) bond motifs is 1. The predicted molar refractivity (Wildman–Crippen MR) is 72.4 cm³/mol. The van der Waals surface area contributed by atoms with Crippen molar-refractivity contribution in [3.63, 3.8) is 0 Å². The highest BCUT2D eigenvalue weighted by Crippen LogP contribution is 2.37. The van der Waals surface area contributed by atoms with E-state index in [1.165, 1.54) is 18.4 Å². The lowest BCUT2D eigenvalue weighted by Crippen LogP contribution is -2.46. The second-order valence-corrected chi connectivity index (χ2v) is 5.68. The van der Waals surface area contributed by atoms with Crippen LogP contribution in [-0.2, 0) is 5.41 Å². The smallest absolute Gasteiger partial charge is 0.177 e. The second-order valence-electron chi connectivity index (χ2n) is 5.68. The van der Waals surface area contributed by atoms with Crippen molar-refractivity contribution in [3.05, 3.63) is 23.7 Å². The molecule has 1 fully saturated rings. The molecule has 96 valence electrons. The van der Waals surface area contributed by atoms with E-state index in [9.17, 15) is 0 Å². The molecule has 0 aliphatic heterocycles. The van der Waals surface area contributed by atoms with E-state index in [0.29, 0.717) is 0 Å². The molecule has 3 N–H and O–H groups in total. The van der Waals surface area contributed by atoms with Gasteiger partial charge in [0, 0.05) is 17.7 Å². The van der Waals surface area contributed by atoms with E-state index in [-0.39, 0.29) is 11.5 Å². The van der Waals surface area contributed by atoms with Crippen molar-refractivity contribution < 1.29 is 0 Å². The van der Waals surface area contributed by atoms with E-state index >= 15 is 0 Å². The third kappa shape index (κ3) is 1.63. The number of nitrogens with two attached hydrogens (primary N) is 1. The molecule has 2 heterocycles. The molecule has 3 rings (SSSR count). The molecule has 2 unspecified atom stereocenters. The number of nitrogens with one attached hydrogen (secondary N) is 1. The van der Waals surface area contributed by atoms with Gasteiger partial charge in [-0.3, -0.25) is 0 Å². The molecule has 2 atom stereocenters. The molecule has 0 saturated heterocycles. The number of hydrogen-bond acceptors (Lipinski definition) is 3. The summed E-state index contributed by atoms with van der Waals surface area (Å²) in [6, 6.07) is 2.19. The highest BCUT2D eigenvalue weighted by molar-refractivity contribution is 5.74. The number of aromatic amines is 1. The van der Waals surface area contributed by atoms with Gasteiger partial charge in [-0.2, -0.15) is 0 Å². The monoisotopic (exact) mass is 244 g/mol. The molecule has 2 aromatic rings.